The van der Waals surface area contributed by atoms with E-state index in [-0.39, 0.29) is 11.4 Å². The van der Waals surface area contributed by atoms with Crippen molar-refractivity contribution in [2.24, 2.45) is 0 Å². The van der Waals surface area contributed by atoms with Crippen LogP contribution in [0.4, 0.5) is 0 Å². The molecule has 0 bridgehead atoms. The van der Waals surface area contributed by atoms with Gasteiger partial charge in [0.2, 0.25) is 0 Å². The predicted octanol–water partition coefficient (Wildman–Crippen LogP) is 3.82. The third kappa shape index (κ3) is 3.40. The second kappa shape index (κ2) is 6.54. The molecule has 4 nitrogen and oxygen atoms in total. The van der Waals surface area contributed by atoms with Crippen molar-refractivity contribution in [1.82, 2.24) is 14.5 Å². The highest BCUT2D eigenvalue weighted by atomic mass is 79.9. The molecule has 0 spiro atoms. The predicted molar refractivity (Wildman–Crippen MR) is 87.8 cm³/mol. The first-order valence-electron chi connectivity index (χ1n) is 6.37. The quantitative estimate of drug-likeness (QED) is 0.743. The van der Waals surface area contributed by atoms with Crippen LogP contribution in [-0.4, -0.2) is 30.8 Å². The molecule has 7 heteroatoms. The Bertz CT molecular complexity index is 644. The second-order valence-corrected chi connectivity index (χ2v) is 7.99. The van der Waals surface area contributed by atoms with Gasteiger partial charge in [-0.15, -0.1) is 11.6 Å². The topological polar surface area (TPSA) is 47.8 Å². The van der Waals surface area contributed by atoms with Gasteiger partial charge in [-0.3, -0.25) is 4.21 Å². The van der Waals surface area contributed by atoms with E-state index >= 15 is 0 Å². The van der Waals surface area contributed by atoms with Crippen molar-refractivity contribution in [1.29, 1.82) is 0 Å². The Morgan fingerprint density at radius 1 is 1.50 bits per heavy atom. The van der Waals surface area contributed by atoms with Gasteiger partial charge in [0.05, 0.1) is 5.38 Å². The number of hydrogen-bond donors (Lipinski definition) is 0. The van der Waals surface area contributed by atoms with Crippen molar-refractivity contribution in [3.8, 4) is 0 Å². The van der Waals surface area contributed by atoms with E-state index < -0.39 is 10.8 Å². The average molecular weight is 379 g/mol. The van der Waals surface area contributed by atoms with Crippen LogP contribution in [0.2, 0.25) is 0 Å². The van der Waals surface area contributed by atoms with E-state index in [0.29, 0.717) is 5.75 Å². The Morgan fingerprint density at radius 3 is 2.80 bits per heavy atom. The SMILES string of the molecule is CC(Cl)c1nc2cc(Br)cnc2n1C(C)CCS(C)=O. The third-order valence-corrected chi connectivity index (χ3v) is 4.58. The van der Waals surface area contributed by atoms with Crippen molar-refractivity contribution in [2.45, 2.75) is 31.7 Å². The number of halogens is 2. The summed E-state index contributed by atoms with van der Waals surface area (Å²) >= 11 is 9.65. The fraction of sp³-hybridized carbons (Fsp3) is 0.538. The summed E-state index contributed by atoms with van der Waals surface area (Å²) in [6, 6.07) is 2.10. The van der Waals surface area contributed by atoms with Crippen LogP contribution in [0.3, 0.4) is 0 Å². The molecule has 2 heterocycles. The highest BCUT2D eigenvalue weighted by Crippen LogP contribution is 2.29. The first kappa shape index (κ1) is 15.9. The van der Waals surface area contributed by atoms with Crippen molar-refractivity contribution in [3.05, 3.63) is 22.6 Å². The second-order valence-electron chi connectivity index (χ2n) is 4.87. The zero-order valence-electron chi connectivity index (χ0n) is 11.6. The van der Waals surface area contributed by atoms with Crippen LogP contribution in [0.1, 0.15) is 37.5 Å². The van der Waals surface area contributed by atoms with E-state index in [4.69, 9.17) is 11.6 Å². The molecule has 0 aromatic carbocycles. The Balaban J connectivity index is 2.48. The lowest BCUT2D eigenvalue weighted by Crippen LogP contribution is -2.13. The summed E-state index contributed by atoms with van der Waals surface area (Å²) in [5, 5.41) is -0.197. The van der Waals surface area contributed by atoms with Crippen molar-refractivity contribution in [2.75, 3.05) is 12.0 Å². The minimum atomic E-state index is -0.797. The maximum Gasteiger partial charge on any atom is 0.160 e. The number of hydrogen-bond acceptors (Lipinski definition) is 3. The third-order valence-electron chi connectivity index (χ3n) is 3.14. The van der Waals surface area contributed by atoms with E-state index in [2.05, 4.69) is 37.4 Å². The molecule has 20 heavy (non-hydrogen) atoms. The van der Waals surface area contributed by atoms with Crippen molar-refractivity contribution < 1.29 is 4.21 Å². The van der Waals surface area contributed by atoms with Gasteiger partial charge in [-0.2, -0.15) is 0 Å². The molecule has 0 aliphatic rings. The van der Waals surface area contributed by atoms with Crippen LogP contribution < -0.4 is 0 Å². The molecule has 2 aromatic heterocycles. The minimum Gasteiger partial charge on any atom is -0.309 e. The minimum absolute atomic E-state index is 0.161. The highest BCUT2D eigenvalue weighted by Gasteiger charge is 2.20. The Labute approximate surface area is 134 Å². The van der Waals surface area contributed by atoms with E-state index in [1.165, 1.54) is 0 Å². The van der Waals surface area contributed by atoms with Gasteiger partial charge in [0.1, 0.15) is 11.3 Å². The molecule has 3 unspecified atom stereocenters. The summed E-state index contributed by atoms with van der Waals surface area (Å²) in [6.45, 7) is 3.99. The molecule has 0 saturated carbocycles. The van der Waals surface area contributed by atoms with Crippen LogP contribution >= 0.6 is 27.5 Å². The summed E-state index contributed by atoms with van der Waals surface area (Å²) in [5.41, 5.74) is 1.65. The molecule has 0 amide bonds. The lowest BCUT2D eigenvalue weighted by Gasteiger charge is -2.17. The number of alkyl halides is 1. The first-order valence-corrected chi connectivity index (χ1v) is 9.33. The smallest absolute Gasteiger partial charge is 0.160 e. The average Bonchev–Trinajstić information content (AvgIpc) is 2.74. The van der Waals surface area contributed by atoms with Crippen LogP contribution in [-0.2, 0) is 10.8 Å². The molecular formula is C13H17BrClN3OS. The summed E-state index contributed by atoms with van der Waals surface area (Å²) in [6.07, 6.45) is 4.29. The van der Waals surface area contributed by atoms with Crippen molar-refractivity contribution in [3.63, 3.8) is 0 Å². The van der Waals surface area contributed by atoms with Crippen LogP contribution in [0, 0.1) is 0 Å². The largest absolute Gasteiger partial charge is 0.309 e. The van der Waals surface area contributed by atoms with Gasteiger partial charge in [-0.1, -0.05) is 0 Å². The normalized spacial score (nSPS) is 16.2. The van der Waals surface area contributed by atoms with Crippen LogP contribution in [0.25, 0.3) is 11.2 Å². The van der Waals surface area contributed by atoms with E-state index in [1.807, 2.05) is 13.0 Å². The highest BCUT2D eigenvalue weighted by molar-refractivity contribution is 9.10. The molecule has 2 rings (SSSR count). The molecule has 0 radical (unpaired) electrons. The fourth-order valence-electron chi connectivity index (χ4n) is 2.16. The Morgan fingerprint density at radius 2 is 2.20 bits per heavy atom. The van der Waals surface area contributed by atoms with Crippen LogP contribution in [0.15, 0.2) is 16.7 Å². The van der Waals surface area contributed by atoms with Gasteiger partial charge in [0.25, 0.3) is 0 Å². The molecule has 0 saturated heterocycles. The molecule has 0 aliphatic heterocycles. The Kier molecular flexibility index (Phi) is 5.20. The first-order chi connectivity index (χ1) is 9.40. The maximum atomic E-state index is 11.3. The van der Waals surface area contributed by atoms with Gasteiger partial charge >= 0.3 is 0 Å². The summed E-state index contributed by atoms with van der Waals surface area (Å²) in [4.78, 5) is 9.03. The monoisotopic (exact) mass is 377 g/mol. The number of imidazole rings is 1. The van der Waals surface area contributed by atoms with Gasteiger partial charge < -0.3 is 4.57 Å². The lowest BCUT2D eigenvalue weighted by molar-refractivity contribution is 0.520. The van der Waals surface area contributed by atoms with Crippen LogP contribution in [0.5, 0.6) is 0 Å². The summed E-state index contributed by atoms with van der Waals surface area (Å²) in [7, 11) is -0.797. The van der Waals surface area contributed by atoms with Crippen molar-refractivity contribution >= 4 is 49.5 Å². The zero-order chi connectivity index (χ0) is 14.9. The standard InChI is InChI=1S/C13H17BrClN3OS/c1-8(4-5-20(3)19)18-12(9(2)15)17-11-6-10(14)7-16-13(11)18/h6-9H,4-5H2,1-3H3. The molecular weight excluding hydrogens is 362 g/mol. The van der Waals surface area contributed by atoms with Gasteiger partial charge in [0.15, 0.2) is 5.65 Å². The lowest BCUT2D eigenvalue weighted by atomic mass is 10.2. The zero-order valence-corrected chi connectivity index (χ0v) is 14.8. The molecule has 3 atom stereocenters. The number of pyridine rings is 1. The number of aromatic nitrogens is 3. The molecule has 0 N–H and O–H groups in total. The van der Waals surface area contributed by atoms with E-state index in [0.717, 1.165) is 27.9 Å². The van der Waals surface area contributed by atoms with Gasteiger partial charge in [0, 0.05) is 39.5 Å². The summed E-state index contributed by atoms with van der Waals surface area (Å²) < 4.78 is 14.2. The van der Waals surface area contributed by atoms with E-state index in [1.54, 1.807) is 12.5 Å². The maximum absolute atomic E-state index is 11.3. The van der Waals surface area contributed by atoms with Gasteiger partial charge in [-0.05, 0) is 42.3 Å². The number of rotatable bonds is 5. The number of fused-ring (bicyclic) bond motifs is 1. The van der Waals surface area contributed by atoms with E-state index in [9.17, 15) is 4.21 Å². The molecule has 110 valence electrons. The molecule has 2 aromatic rings. The molecule has 0 aliphatic carbocycles. The Hall–Kier alpha value is -0.460. The number of nitrogens with zero attached hydrogens (tertiary/aromatic N) is 3. The molecule has 0 fully saturated rings. The fourth-order valence-corrected chi connectivity index (χ4v) is 3.30. The summed E-state index contributed by atoms with van der Waals surface area (Å²) in [5.74, 6) is 1.47. The van der Waals surface area contributed by atoms with Gasteiger partial charge in [-0.25, -0.2) is 9.97 Å².